The molecule has 1 aromatic carbocycles. The lowest BCUT2D eigenvalue weighted by Gasteiger charge is -2.07. The molecule has 0 atom stereocenters. The van der Waals surface area contributed by atoms with Crippen molar-refractivity contribution in [3.8, 4) is 5.75 Å². The molecular formula is C15H17FN2OS. The van der Waals surface area contributed by atoms with Crippen molar-refractivity contribution < 1.29 is 9.13 Å². The monoisotopic (exact) mass is 292 g/mol. The number of hydrogen-bond donors (Lipinski definition) is 1. The highest BCUT2D eigenvalue weighted by Crippen LogP contribution is 2.22. The fourth-order valence-corrected chi connectivity index (χ4v) is 2.67. The van der Waals surface area contributed by atoms with E-state index >= 15 is 0 Å². The Balaban J connectivity index is 1.54. The van der Waals surface area contributed by atoms with Crippen LogP contribution < -0.4 is 10.1 Å². The Kier molecular flexibility index (Phi) is 3.98. The van der Waals surface area contributed by atoms with Gasteiger partial charge in [0.05, 0.1) is 5.69 Å². The highest BCUT2D eigenvalue weighted by atomic mass is 32.1. The number of ether oxygens (including phenoxy) is 1. The normalized spacial score (nSPS) is 14.5. The van der Waals surface area contributed by atoms with Crippen molar-refractivity contribution in [3.05, 3.63) is 45.7 Å². The molecule has 1 aromatic heterocycles. The molecule has 5 heteroatoms. The Morgan fingerprint density at radius 1 is 1.45 bits per heavy atom. The number of thiazole rings is 1. The van der Waals surface area contributed by atoms with Crippen molar-refractivity contribution in [1.82, 2.24) is 10.3 Å². The Hall–Kier alpha value is -1.46. The van der Waals surface area contributed by atoms with E-state index in [1.807, 2.05) is 12.3 Å². The zero-order chi connectivity index (χ0) is 13.9. The van der Waals surface area contributed by atoms with Gasteiger partial charge in [-0.3, -0.25) is 0 Å². The van der Waals surface area contributed by atoms with Gasteiger partial charge in [0.2, 0.25) is 0 Å². The molecule has 0 amide bonds. The van der Waals surface area contributed by atoms with Crippen molar-refractivity contribution in [1.29, 1.82) is 0 Å². The van der Waals surface area contributed by atoms with E-state index in [1.54, 1.807) is 17.4 Å². The quantitative estimate of drug-likeness (QED) is 0.886. The van der Waals surface area contributed by atoms with Crippen LogP contribution in [0.25, 0.3) is 0 Å². The molecule has 3 rings (SSSR count). The van der Waals surface area contributed by atoms with Crippen molar-refractivity contribution in [3.63, 3.8) is 0 Å². The molecule has 0 unspecified atom stereocenters. The van der Waals surface area contributed by atoms with Gasteiger partial charge in [-0.15, -0.1) is 11.3 Å². The summed E-state index contributed by atoms with van der Waals surface area (Å²) in [6, 6.07) is 5.24. The Labute approximate surface area is 121 Å². The van der Waals surface area contributed by atoms with Crippen molar-refractivity contribution in [2.45, 2.75) is 39.0 Å². The van der Waals surface area contributed by atoms with E-state index in [2.05, 4.69) is 10.3 Å². The molecule has 1 saturated carbocycles. The number of nitrogens with one attached hydrogen (secondary N) is 1. The van der Waals surface area contributed by atoms with Gasteiger partial charge in [-0.05, 0) is 43.5 Å². The summed E-state index contributed by atoms with van der Waals surface area (Å²) in [6.45, 7) is 3.10. The summed E-state index contributed by atoms with van der Waals surface area (Å²) in [5, 5.41) is 6.55. The van der Waals surface area contributed by atoms with Crippen LogP contribution in [0.1, 0.15) is 29.1 Å². The SMILES string of the molecule is Cc1cc(F)ccc1OCc1csc(CNC2CC2)n1. The van der Waals surface area contributed by atoms with E-state index in [0.29, 0.717) is 18.4 Å². The number of nitrogens with zero attached hydrogens (tertiary/aromatic N) is 1. The maximum Gasteiger partial charge on any atom is 0.131 e. The molecule has 1 aliphatic rings. The fraction of sp³-hybridized carbons (Fsp3) is 0.400. The molecule has 1 fully saturated rings. The first-order valence-corrected chi connectivity index (χ1v) is 7.64. The third-order valence-corrected chi connectivity index (χ3v) is 4.13. The molecule has 0 bridgehead atoms. The summed E-state index contributed by atoms with van der Waals surface area (Å²) < 4.78 is 18.7. The van der Waals surface area contributed by atoms with Gasteiger partial charge in [-0.2, -0.15) is 0 Å². The largest absolute Gasteiger partial charge is 0.487 e. The molecule has 20 heavy (non-hydrogen) atoms. The lowest BCUT2D eigenvalue weighted by molar-refractivity contribution is 0.299. The summed E-state index contributed by atoms with van der Waals surface area (Å²) in [7, 11) is 0. The minimum absolute atomic E-state index is 0.239. The van der Waals surface area contributed by atoms with E-state index in [4.69, 9.17) is 4.74 Å². The smallest absolute Gasteiger partial charge is 0.131 e. The zero-order valence-electron chi connectivity index (χ0n) is 11.4. The van der Waals surface area contributed by atoms with Crippen molar-refractivity contribution in [2.75, 3.05) is 0 Å². The topological polar surface area (TPSA) is 34.1 Å². The highest BCUT2D eigenvalue weighted by molar-refractivity contribution is 7.09. The number of aromatic nitrogens is 1. The summed E-state index contributed by atoms with van der Waals surface area (Å²) >= 11 is 1.65. The molecule has 0 saturated heterocycles. The van der Waals surface area contributed by atoms with E-state index in [1.165, 1.54) is 25.0 Å². The number of benzene rings is 1. The predicted molar refractivity (Wildman–Crippen MR) is 77.4 cm³/mol. The van der Waals surface area contributed by atoms with E-state index < -0.39 is 0 Å². The molecule has 1 aliphatic carbocycles. The summed E-state index contributed by atoms with van der Waals surface area (Å²) in [5.74, 6) is 0.467. The number of aryl methyl sites for hydroxylation is 1. The predicted octanol–water partition coefficient (Wildman–Crippen LogP) is 3.42. The van der Waals surface area contributed by atoms with Crippen LogP contribution in [0, 0.1) is 12.7 Å². The molecule has 1 heterocycles. The summed E-state index contributed by atoms with van der Waals surface area (Å²) in [6.07, 6.45) is 2.57. The number of halogens is 1. The van der Waals surface area contributed by atoms with E-state index in [9.17, 15) is 4.39 Å². The zero-order valence-corrected chi connectivity index (χ0v) is 12.2. The lowest BCUT2D eigenvalue weighted by Crippen LogP contribution is -2.15. The van der Waals surface area contributed by atoms with Gasteiger partial charge < -0.3 is 10.1 Å². The van der Waals surface area contributed by atoms with Crippen LogP contribution in [0.15, 0.2) is 23.6 Å². The standard InChI is InChI=1S/C15H17FN2OS/c1-10-6-11(16)2-5-14(10)19-8-13-9-20-15(18-13)7-17-12-3-4-12/h2,5-6,9,12,17H,3-4,7-8H2,1H3. The van der Waals surface area contributed by atoms with Crippen molar-refractivity contribution >= 4 is 11.3 Å². The van der Waals surface area contributed by atoms with Gasteiger partial charge in [-0.1, -0.05) is 0 Å². The molecule has 0 radical (unpaired) electrons. The van der Waals surface area contributed by atoms with Crippen LogP contribution in [-0.4, -0.2) is 11.0 Å². The Morgan fingerprint density at radius 3 is 3.05 bits per heavy atom. The third kappa shape index (κ3) is 3.55. The van der Waals surface area contributed by atoms with Crippen LogP contribution in [0.5, 0.6) is 5.75 Å². The van der Waals surface area contributed by atoms with Crippen LogP contribution in [-0.2, 0) is 13.2 Å². The molecule has 106 valence electrons. The van der Waals surface area contributed by atoms with Crippen LogP contribution in [0.3, 0.4) is 0 Å². The molecule has 1 N–H and O–H groups in total. The fourth-order valence-electron chi connectivity index (χ4n) is 1.94. The number of rotatable bonds is 6. The van der Waals surface area contributed by atoms with Gasteiger partial charge in [-0.25, -0.2) is 9.37 Å². The first kappa shape index (κ1) is 13.5. The molecule has 0 aliphatic heterocycles. The summed E-state index contributed by atoms with van der Waals surface area (Å²) in [4.78, 5) is 4.53. The second-order valence-corrected chi connectivity index (χ2v) is 6.03. The van der Waals surface area contributed by atoms with E-state index in [-0.39, 0.29) is 5.82 Å². The minimum atomic E-state index is -0.239. The second-order valence-electron chi connectivity index (χ2n) is 5.09. The van der Waals surface area contributed by atoms with Gasteiger partial charge in [0, 0.05) is 18.0 Å². The maximum atomic E-state index is 13.0. The Bertz CT molecular complexity index is 595. The Morgan fingerprint density at radius 2 is 2.30 bits per heavy atom. The first-order chi connectivity index (χ1) is 9.70. The van der Waals surface area contributed by atoms with Crippen molar-refractivity contribution in [2.24, 2.45) is 0 Å². The van der Waals surface area contributed by atoms with Crippen LogP contribution in [0.4, 0.5) is 4.39 Å². The van der Waals surface area contributed by atoms with Gasteiger partial charge >= 0.3 is 0 Å². The molecule has 0 spiro atoms. The van der Waals surface area contributed by atoms with Crippen LogP contribution >= 0.6 is 11.3 Å². The van der Waals surface area contributed by atoms with Crippen LogP contribution in [0.2, 0.25) is 0 Å². The molecule has 2 aromatic rings. The van der Waals surface area contributed by atoms with Gasteiger partial charge in [0.1, 0.15) is 23.2 Å². The lowest BCUT2D eigenvalue weighted by atomic mass is 10.2. The minimum Gasteiger partial charge on any atom is -0.487 e. The maximum absolute atomic E-state index is 13.0. The average Bonchev–Trinajstić information content (AvgIpc) is 3.14. The average molecular weight is 292 g/mol. The van der Waals surface area contributed by atoms with Gasteiger partial charge in [0.25, 0.3) is 0 Å². The third-order valence-electron chi connectivity index (χ3n) is 3.23. The summed E-state index contributed by atoms with van der Waals surface area (Å²) in [5.41, 5.74) is 1.72. The van der Waals surface area contributed by atoms with Gasteiger partial charge in [0.15, 0.2) is 0 Å². The second kappa shape index (κ2) is 5.89. The molecule has 3 nitrogen and oxygen atoms in total. The number of hydrogen-bond acceptors (Lipinski definition) is 4. The first-order valence-electron chi connectivity index (χ1n) is 6.76. The van der Waals surface area contributed by atoms with E-state index in [0.717, 1.165) is 22.8 Å². The highest BCUT2D eigenvalue weighted by Gasteiger charge is 2.20. The molecular weight excluding hydrogens is 275 g/mol.